The van der Waals surface area contributed by atoms with Gasteiger partial charge in [-0.05, 0) is 19.1 Å². The first-order valence-corrected chi connectivity index (χ1v) is 6.37. The molecule has 7 heteroatoms. The van der Waals surface area contributed by atoms with Gasteiger partial charge in [-0.1, -0.05) is 0 Å². The van der Waals surface area contributed by atoms with E-state index in [-0.39, 0.29) is 0 Å². The minimum atomic E-state index is -0.431. The van der Waals surface area contributed by atoms with E-state index in [2.05, 4.69) is 15.0 Å². The Kier molecular flexibility index (Phi) is 4.19. The number of methoxy groups -OCH3 is 1. The number of nitrogens with zero attached hydrogens (tertiary/aromatic N) is 2. The standard InChI is InChI=1S/C13H18N4O3/c1-8-9(13(19)20-2)3-4-11(16-8)17-6-5-15-7-10(17)12(14)18/h3-4,10,15H,5-7H2,1-2H3,(H2,14,18). The summed E-state index contributed by atoms with van der Waals surface area (Å²) in [6, 6.07) is 2.93. The third-order valence-corrected chi connectivity index (χ3v) is 3.34. The van der Waals surface area contributed by atoms with E-state index in [9.17, 15) is 9.59 Å². The van der Waals surface area contributed by atoms with Crippen LogP contribution in [-0.2, 0) is 9.53 Å². The summed E-state index contributed by atoms with van der Waals surface area (Å²) in [6.45, 7) is 3.62. The van der Waals surface area contributed by atoms with Gasteiger partial charge in [-0.15, -0.1) is 0 Å². The van der Waals surface area contributed by atoms with E-state index in [0.717, 1.165) is 6.54 Å². The van der Waals surface area contributed by atoms with Crippen LogP contribution < -0.4 is 16.0 Å². The second-order valence-corrected chi connectivity index (χ2v) is 4.61. The zero-order valence-corrected chi connectivity index (χ0v) is 11.5. The zero-order valence-electron chi connectivity index (χ0n) is 11.5. The van der Waals surface area contributed by atoms with Crippen molar-refractivity contribution in [3.8, 4) is 0 Å². The van der Waals surface area contributed by atoms with Gasteiger partial charge in [-0.3, -0.25) is 4.79 Å². The molecule has 2 heterocycles. The van der Waals surface area contributed by atoms with Crippen LogP contribution in [0.5, 0.6) is 0 Å². The van der Waals surface area contributed by atoms with E-state index in [1.54, 1.807) is 19.1 Å². The Balaban J connectivity index is 2.30. The summed E-state index contributed by atoms with van der Waals surface area (Å²) in [5, 5.41) is 3.12. The molecule has 1 amide bonds. The Morgan fingerprint density at radius 2 is 2.25 bits per heavy atom. The molecule has 108 valence electrons. The van der Waals surface area contributed by atoms with Crippen molar-refractivity contribution < 1.29 is 14.3 Å². The number of rotatable bonds is 3. The van der Waals surface area contributed by atoms with Crippen LogP contribution in [0.15, 0.2) is 12.1 Å². The van der Waals surface area contributed by atoms with Gasteiger partial charge >= 0.3 is 5.97 Å². The maximum Gasteiger partial charge on any atom is 0.339 e. The molecule has 1 aliphatic heterocycles. The number of amides is 1. The monoisotopic (exact) mass is 278 g/mol. The molecule has 1 unspecified atom stereocenters. The van der Waals surface area contributed by atoms with Gasteiger partial charge in [0.15, 0.2) is 0 Å². The molecule has 2 rings (SSSR count). The predicted molar refractivity (Wildman–Crippen MR) is 73.5 cm³/mol. The predicted octanol–water partition coefficient (Wildman–Crippen LogP) is -0.560. The lowest BCUT2D eigenvalue weighted by molar-refractivity contribution is -0.119. The minimum Gasteiger partial charge on any atom is -0.465 e. The average Bonchev–Trinajstić information content (AvgIpc) is 2.46. The quantitative estimate of drug-likeness (QED) is 0.719. The molecule has 7 nitrogen and oxygen atoms in total. The Labute approximate surface area is 117 Å². The summed E-state index contributed by atoms with van der Waals surface area (Å²) in [4.78, 5) is 29.3. The molecule has 0 aliphatic carbocycles. The van der Waals surface area contributed by atoms with Crippen LogP contribution in [0.25, 0.3) is 0 Å². The van der Waals surface area contributed by atoms with Crippen molar-refractivity contribution in [1.82, 2.24) is 10.3 Å². The number of primary amides is 1. The zero-order chi connectivity index (χ0) is 14.7. The van der Waals surface area contributed by atoms with E-state index in [1.807, 2.05) is 4.90 Å². The van der Waals surface area contributed by atoms with Gasteiger partial charge in [0.1, 0.15) is 11.9 Å². The van der Waals surface area contributed by atoms with Gasteiger partial charge in [0.2, 0.25) is 5.91 Å². The van der Waals surface area contributed by atoms with E-state index in [1.165, 1.54) is 7.11 Å². The molecule has 0 aromatic carbocycles. The molecular formula is C13H18N4O3. The van der Waals surface area contributed by atoms with Crippen molar-refractivity contribution in [2.75, 3.05) is 31.6 Å². The van der Waals surface area contributed by atoms with Crippen molar-refractivity contribution in [3.05, 3.63) is 23.4 Å². The van der Waals surface area contributed by atoms with Crippen LogP contribution in [0.2, 0.25) is 0 Å². The third kappa shape index (κ3) is 2.72. The molecule has 1 aliphatic rings. The number of piperazine rings is 1. The lowest BCUT2D eigenvalue weighted by Crippen LogP contribution is -2.57. The van der Waals surface area contributed by atoms with Crippen molar-refractivity contribution in [2.24, 2.45) is 5.73 Å². The highest BCUT2D eigenvalue weighted by molar-refractivity contribution is 5.91. The average molecular weight is 278 g/mol. The highest BCUT2D eigenvalue weighted by atomic mass is 16.5. The van der Waals surface area contributed by atoms with Gasteiger partial charge < -0.3 is 20.7 Å². The van der Waals surface area contributed by atoms with Crippen molar-refractivity contribution in [1.29, 1.82) is 0 Å². The van der Waals surface area contributed by atoms with Crippen LogP contribution in [0, 0.1) is 6.92 Å². The number of hydrogen-bond acceptors (Lipinski definition) is 6. The molecule has 0 saturated carbocycles. The van der Waals surface area contributed by atoms with Gasteiger partial charge in [0.05, 0.1) is 18.4 Å². The van der Waals surface area contributed by atoms with Crippen LogP contribution in [0.3, 0.4) is 0 Å². The Morgan fingerprint density at radius 3 is 2.85 bits per heavy atom. The number of aryl methyl sites for hydroxylation is 1. The Bertz CT molecular complexity index is 532. The molecule has 1 aromatic rings. The Hall–Kier alpha value is -2.15. The lowest BCUT2D eigenvalue weighted by atomic mass is 10.1. The van der Waals surface area contributed by atoms with Crippen LogP contribution in [0.4, 0.5) is 5.82 Å². The van der Waals surface area contributed by atoms with Crippen LogP contribution in [0.1, 0.15) is 16.1 Å². The van der Waals surface area contributed by atoms with E-state index in [4.69, 9.17) is 5.73 Å². The molecule has 0 bridgehead atoms. The van der Waals surface area contributed by atoms with E-state index >= 15 is 0 Å². The number of nitrogens with two attached hydrogens (primary N) is 1. The number of hydrogen-bond donors (Lipinski definition) is 2. The molecule has 0 spiro atoms. The van der Waals surface area contributed by atoms with Gasteiger partial charge in [0, 0.05) is 19.6 Å². The number of pyridine rings is 1. The van der Waals surface area contributed by atoms with E-state index in [0.29, 0.717) is 30.2 Å². The van der Waals surface area contributed by atoms with Crippen molar-refractivity contribution in [2.45, 2.75) is 13.0 Å². The highest BCUT2D eigenvalue weighted by Gasteiger charge is 2.28. The third-order valence-electron chi connectivity index (χ3n) is 3.34. The fourth-order valence-electron chi connectivity index (χ4n) is 2.27. The summed E-state index contributed by atoms with van der Waals surface area (Å²) in [5.74, 6) is -0.178. The van der Waals surface area contributed by atoms with Crippen molar-refractivity contribution >= 4 is 17.7 Å². The number of nitrogens with one attached hydrogen (secondary N) is 1. The second kappa shape index (κ2) is 5.87. The molecule has 1 saturated heterocycles. The van der Waals surface area contributed by atoms with Gasteiger partial charge in [0.25, 0.3) is 0 Å². The normalized spacial score (nSPS) is 18.7. The van der Waals surface area contributed by atoms with Crippen molar-refractivity contribution in [3.63, 3.8) is 0 Å². The molecule has 1 aromatic heterocycles. The number of carbonyl (C=O) groups is 2. The van der Waals surface area contributed by atoms with E-state index < -0.39 is 17.9 Å². The molecule has 0 radical (unpaired) electrons. The molecule has 1 fully saturated rings. The topological polar surface area (TPSA) is 97.5 Å². The summed E-state index contributed by atoms with van der Waals surface area (Å²) in [5.41, 5.74) is 6.39. The molecule has 20 heavy (non-hydrogen) atoms. The number of esters is 1. The first-order chi connectivity index (χ1) is 9.54. The van der Waals surface area contributed by atoms with Crippen LogP contribution in [-0.4, -0.2) is 49.6 Å². The van der Waals surface area contributed by atoms with Gasteiger partial charge in [-0.25, -0.2) is 9.78 Å². The summed E-state index contributed by atoms with van der Waals surface area (Å²) < 4.78 is 4.69. The highest BCUT2D eigenvalue weighted by Crippen LogP contribution is 2.18. The number of carbonyl (C=O) groups excluding carboxylic acids is 2. The minimum absolute atomic E-state index is 0.395. The summed E-state index contributed by atoms with van der Waals surface area (Å²) >= 11 is 0. The maximum absolute atomic E-state index is 11.5. The smallest absolute Gasteiger partial charge is 0.339 e. The largest absolute Gasteiger partial charge is 0.465 e. The SMILES string of the molecule is COC(=O)c1ccc(N2CCNCC2C(N)=O)nc1C. The maximum atomic E-state index is 11.5. The first-order valence-electron chi connectivity index (χ1n) is 6.37. The Morgan fingerprint density at radius 1 is 1.50 bits per heavy atom. The fraction of sp³-hybridized carbons (Fsp3) is 0.462. The second-order valence-electron chi connectivity index (χ2n) is 4.61. The summed E-state index contributed by atoms with van der Waals surface area (Å²) in [6.07, 6.45) is 0. The molecular weight excluding hydrogens is 260 g/mol. The lowest BCUT2D eigenvalue weighted by Gasteiger charge is -2.35. The molecule has 1 atom stereocenters. The van der Waals surface area contributed by atoms with Crippen LogP contribution >= 0.6 is 0 Å². The van der Waals surface area contributed by atoms with Gasteiger partial charge in [-0.2, -0.15) is 0 Å². The molecule has 3 N–H and O–H groups in total. The summed E-state index contributed by atoms with van der Waals surface area (Å²) in [7, 11) is 1.33. The number of aromatic nitrogens is 1. The number of anilines is 1. The first kappa shape index (κ1) is 14.3. The number of ether oxygens (including phenoxy) is 1. The fourth-order valence-corrected chi connectivity index (χ4v) is 2.27.